The predicted molar refractivity (Wildman–Crippen MR) is 93.1 cm³/mol. The molecular weight excluding hydrogens is 278 g/mol. The highest BCUT2D eigenvalue weighted by Gasteiger charge is 2.29. The second-order valence-electron chi connectivity index (χ2n) is 7.77. The molecule has 0 amide bonds. The smallest absolute Gasteiger partial charge is 0.185 e. The fraction of sp³-hybridized carbons (Fsp3) is 0.824. The summed E-state index contributed by atoms with van der Waals surface area (Å²) in [6.45, 7) is 15.9. The van der Waals surface area contributed by atoms with Crippen molar-refractivity contribution in [3.8, 4) is 0 Å². The Morgan fingerprint density at radius 2 is 2.00 bits per heavy atom. The van der Waals surface area contributed by atoms with E-state index in [1.165, 1.54) is 23.7 Å². The van der Waals surface area contributed by atoms with E-state index in [1.54, 1.807) is 11.3 Å². The number of anilines is 1. The predicted octanol–water partition coefficient (Wildman–Crippen LogP) is 4.15. The number of nitrogens with one attached hydrogen (secondary N) is 1. The first-order valence-corrected chi connectivity index (χ1v) is 9.14. The molecule has 1 saturated heterocycles. The molecule has 1 aliphatic heterocycles. The third-order valence-corrected chi connectivity index (χ3v) is 5.34. The fourth-order valence-corrected chi connectivity index (χ4v) is 3.83. The average Bonchev–Trinajstić information content (AvgIpc) is 2.86. The minimum Gasteiger partial charge on any atom is -0.348 e. The van der Waals surface area contributed by atoms with Crippen molar-refractivity contribution in [2.24, 2.45) is 17.3 Å². The van der Waals surface area contributed by atoms with E-state index in [0.29, 0.717) is 11.3 Å². The van der Waals surface area contributed by atoms with Crippen LogP contribution in [0.25, 0.3) is 0 Å². The Balaban J connectivity index is 1.83. The van der Waals surface area contributed by atoms with Gasteiger partial charge >= 0.3 is 0 Å². The van der Waals surface area contributed by atoms with Gasteiger partial charge in [-0.2, -0.15) is 0 Å². The van der Waals surface area contributed by atoms with Gasteiger partial charge in [0.25, 0.3) is 0 Å². The van der Waals surface area contributed by atoms with E-state index in [1.807, 2.05) is 0 Å². The van der Waals surface area contributed by atoms with Gasteiger partial charge in [-0.05, 0) is 36.6 Å². The molecule has 1 aliphatic rings. The lowest BCUT2D eigenvalue weighted by Gasteiger charge is -2.38. The summed E-state index contributed by atoms with van der Waals surface area (Å²) in [5, 5.41) is 6.89. The number of hydrogen-bond donors (Lipinski definition) is 1. The Labute approximate surface area is 134 Å². The van der Waals surface area contributed by atoms with Gasteiger partial charge in [-0.3, -0.25) is 0 Å². The molecule has 0 unspecified atom stereocenters. The first-order chi connectivity index (χ1) is 9.86. The van der Waals surface area contributed by atoms with Crippen molar-refractivity contribution in [1.29, 1.82) is 0 Å². The van der Waals surface area contributed by atoms with Gasteiger partial charge in [0.05, 0.1) is 5.69 Å². The molecule has 3 nitrogen and oxygen atoms in total. The number of piperidine rings is 1. The van der Waals surface area contributed by atoms with Crippen molar-refractivity contribution in [2.45, 2.75) is 54.0 Å². The van der Waals surface area contributed by atoms with Crippen LogP contribution < -0.4 is 10.2 Å². The van der Waals surface area contributed by atoms with Crippen LogP contribution in [0.15, 0.2) is 5.38 Å². The standard InChI is InChI=1S/C17H31N3S/c1-13(2)10-18-11-15-12-21-16(19-15)20-8-6-14(7-9-20)17(3,4)5/h12-14,18H,6-11H2,1-5H3. The van der Waals surface area contributed by atoms with E-state index >= 15 is 0 Å². The van der Waals surface area contributed by atoms with E-state index in [0.717, 1.165) is 32.1 Å². The highest BCUT2D eigenvalue weighted by atomic mass is 32.1. The minimum absolute atomic E-state index is 0.445. The fourth-order valence-electron chi connectivity index (χ4n) is 2.95. The van der Waals surface area contributed by atoms with Crippen molar-refractivity contribution < 1.29 is 0 Å². The third kappa shape index (κ3) is 4.96. The van der Waals surface area contributed by atoms with Gasteiger partial charge in [-0.25, -0.2) is 4.98 Å². The van der Waals surface area contributed by atoms with Gasteiger partial charge in [0.15, 0.2) is 5.13 Å². The number of nitrogens with zero attached hydrogens (tertiary/aromatic N) is 2. The van der Waals surface area contributed by atoms with Gasteiger partial charge in [0.1, 0.15) is 0 Å². The van der Waals surface area contributed by atoms with Gasteiger partial charge in [-0.1, -0.05) is 34.6 Å². The summed E-state index contributed by atoms with van der Waals surface area (Å²) in [4.78, 5) is 7.27. The van der Waals surface area contributed by atoms with Crippen LogP contribution in [0.2, 0.25) is 0 Å². The highest BCUT2D eigenvalue weighted by molar-refractivity contribution is 7.13. The minimum atomic E-state index is 0.445. The first kappa shape index (κ1) is 16.8. The molecule has 1 aromatic rings. The SMILES string of the molecule is CC(C)CNCc1csc(N2CCC(C(C)(C)C)CC2)n1. The monoisotopic (exact) mass is 309 g/mol. The van der Waals surface area contributed by atoms with Crippen LogP contribution in [0.3, 0.4) is 0 Å². The summed E-state index contributed by atoms with van der Waals surface area (Å²) in [6, 6.07) is 0. The lowest BCUT2D eigenvalue weighted by atomic mass is 9.75. The van der Waals surface area contributed by atoms with Crippen LogP contribution in [0.5, 0.6) is 0 Å². The molecule has 0 aromatic carbocycles. The first-order valence-electron chi connectivity index (χ1n) is 8.26. The molecule has 2 rings (SSSR count). The number of thiazole rings is 1. The lowest BCUT2D eigenvalue weighted by Crippen LogP contribution is -2.38. The molecule has 4 heteroatoms. The maximum Gasteiger partial charge on any atom is 0.185 e. The van der Waals surface area contributed by atoms with Crippen LogP contribution >= 0.6 is 11.3 Å². The van der Waals surface area contributed by atoms with E-state index in [2.05, 4.69) is 50.2 Å². The molecule has 2 heterocycles. The van der Waals surface area contributed by atoms with Gasteiger partial charge < -0.3 is 10.2 Å². The van der Waals surface area contributed by atoms with Crippen molar-refractivity contribution in [2.75, 3.05) is 24.5 Å². The molecule has 120 valence electrons. The average molecular weight is 310 g/mol. The summed E-state index contributed by atoms with van der Waals surface area (Å²) in [5.41, 5.74) is 1.63. The van der Waals surface area contributed by atoms with Crippen LogP contribution in [-0.2, 0) is 6.54 Å². The Morgan fingerprint density at radius 3 is 2.57 bits per heavy atom. The van der Waals surface area contributed by atoms with Crippen LogP contribution in [0, 0.1) is 17.3 Å². The summed E-state index contributed by atoms with van der Waals surface area (Å²) in [5.74, 6) is 1.54. The number of hydrogen-bond acceptors (Lipinski definition) is 4. The van der Waals surface area contributed by atoms with Crippen LogP contribution in [0.1, 0.15) is 53.2 Å². The van der Waals surface area contributed by atoms with Crippen molar-refractivity contribution in [3.05, 3.63) is 11.1 Å². The summed E-state index contributed by atoms with van der Waals surface area (Å²) in [7, 11) is 0. The Kier molecular flexibility index (Phi) is 5.67. The second kappa shape index (κ2) is 7.10. The maximum absolute atomic E-state index is 4.80. The Morgan fingerprint density at radius 1 is 1.33 bits per heavy atom. The van der Waals surface area contributed by atoms with Crippen molar-refractivity contribution in [3.63, 3.8) is 0 Å². The van der Waals surface area contributed by atoms with Crippen LogP contribution in [-0.4, -0.2) is 24.6 Å². The molecular formula is C17H31N3S. The number of rotatable bonds is 5. The van der Waals surface area contributed by atoms with Gasteiger partial charge in [0, 0.05) is 25.0 Å². The van der Waals surface area contributed by atoms with Crippen molar-refractivity contribution >= 4 is 16.5 Å². The van der Waals surface area contributed by atoms with E-state index in [4.69, 9.17) is 4.98 Å². The molecule has 0 spiro atoms. The van der Waals surface area contributed by atoms with Gasteiger partial charge in [0.2, 0.25) is 0 Å². The maximum atomic E-state index is 4.80. The normalized spacial score (nSPS) is 17.7. The molecule has 0 radical (unpaired) electrons. The molecule has 0 atom stereocenters. The van der Waals surface area contributed by atoms with Crippen molar-refractivity contribution in [1.82, 2.24) is 10.3 Å². The molecule has 1 N–H and O–H groups in total. The zero-order valence-electron chi connectivity index (χ0n) is 14.3. The zero-order valence-corrected chi connectivity index (χ0v) is 15.1. The molecule has 0 bridgehead atoms. The lowest BCUT2D eigenvalue weighted by molar-refractivity contribution is 0.199. The van der Waals surface area contributed by atoms with E-state index < -0.39 is 0 Å². The van der Waals surface area contributed by atoms with E-state index in [-0.39, 0.29) is 0 Å². The topological polar surface area (TPSA) is 28.2 Å². The quantitative estimate of drug-likeness (QED) is 0.885. The Bertz CT molecular complexity index is 425. The summed E-state index contributed by atoms with van der Waals surface area (Å²) < 4.78 is 0. The number of aromatic nitrogens is 1. The molecule has 21 heavy (non-hydrogen) atoms. The van der Waals surface area contributed by atoms with Crippen LogP contribution in [0.4, 0.5) is 5.13 Å². The molecule has 0 saturated carbocycles. The highest BCUT2D eigenvalue weighted by Crippen LogP contribution is 2.36. The van der Waals surface area contributed by atoms with E-state index in [9.17, 15) is 0 Å². The molecule has 0 aliphatic carbocycles. The largest absolute Gasteiger partial charge is 0.348 e. The summed E-state index contributed by atoms with van der Waals surface area (Å²) >= 11 is 1.80. The zero-order chi connectivity index (χ0) is 15.5. The molecule has 1 fully saturated rings. The summed E-state index contributed by atoms with van der Waals surface area (Å²) in [6.07, 6.45) is 2.59. The Hall–Kier alpha value is -0.610. The third-order valence-electron chi connectivity index (χ3n) is 4.39. The van der Waals surface area contributed by atoms with Gasteiger partial charge in [-0.15, -0.1) is 11.3 Å². The molecule has 1 aromatic heterocycles. The second-order valence-corrected chi connectivity index (χ2v) is 8.61.